The minimum absolute atomic E-state index is 0.285. The lowest BCUT2D eigenvalue weighted by molar-refractivity contribution is 0.448. The van der Waals surface area contributed by atoms with Crippen molar-refractivity contribution in [1.29, 1.82) is 0 Å². The lowest BCUT2D eigenvalue weighted by Gasteiger charge is -2.27. The van der Waals surface area contributed by atoms with Crippen LogP contribution in [-0.4, -0.2) is 46.9 Å². The van der Waals surface area contributed by atoms with E-state index in [1.54, 1.807) is 44.3 Å². The van der Waals surface area contributed by atoms with E-state index in [-0.39, 0.29) is 10.8 Å². The molecular formula is C25H25N5O3S. The number of aromatic nitrogens is 4. The molecule has 9 heteroatoms. The van der Waals surface area contributed by atoms with E-state index in [1.165, 1.54) is 5.56 Å². The number of sulfone groups is 1. The highest BCUT2D eigenvalue weighted by molar-refractivity contribution is 7.92. The molecule has 0 spiro atoms. The van der Waals surface area contributed by atoms with Gasteiger partial charge in [0.05, 0.1) is 27.7 Å². The summed E-state index contributed by atoms with van der Waals surface area (Å²) in [5.74, 6) is 1.23. The lowest BCUT2D eigenvalue weighted by atomic mass is 9.92. The molecule has 0 unspecified atom stereocenters. The van der Waals surface area contributed by atoms with Gasteiger partial charge in [-0.25, -0.2) is 13.4 Å². The quantitative estimate of drug-likeness (QED) is 0.445. The van der Waals surface area contributed by atoms with E-state index in [9.17, 15) is 8.42 Å². The zero-order chi connectivity index (χ0) is 23.9. The summed E-state index contributed by atoms with van der Waals surface area (Å²) in [6.07, 6.45) is 1.65. The van der Waals surface area contributed by atoms with Crippen LogP contribution in [0.2, 0.25) is 0 Å². The monoisotopic (exact) mass is 475 g/mol. The van der Waals surface area contributed by atoms with Crippen LogP contribution in [0, 0.1) is 6.92 Å². The Hall–Kier alpha value is -3.43. The molecule has 1 saturated heterocycles. The molecule has 174 valence electrons. The zero-order valence-corrected chi connectivity index (χ0v) is 20.0. The standard InChI is InChI=1S/C25H25N5O3S/c1-15(2)34(31,32)21-9-7-17(8-10-21)22-14-27-16(3)23(28-22)25-30-29-24(33-25)19-6-4-5-18(11-19)20-12-26-13-20/h4-11,14-15,20,26H,12-13H2,1-3H3. The summed E-state index contributed by atoms with van der Waals surface area (Å²) in [4.78, 5) is 9.44. The Kier molecular flexibility index (Phi) is 5.75. The molecule has 2 aromatic heterocycles. The Morgan fingerprint density at radius 1 is 1.00 bits per heavy atom. The first-order valence-corrected chi connectivity index (χ1v) is 12.7. The molecule has 0 saturated carbocycles. The van der Waals surface area contributed by atoms with Crippen molar-refractivity contribution in [3.8, 4) is 34.3 Å². The number of hydrogen-bond donors (Lipinski definition) is 1. The number of nitrogens with zero attached hydrogens (tertiary/aromatic N) is 4. The van der Waals surface area contributed by atoms with Gasteiger partial charge >= 0.3 is 0 Å². The maximum atomic E-state index is 12.4. The Labute approximate surface area is 198 Å². The van der Waals surface area contributed by atoms with Gasteiger partial charge in [-0.1, -0.05) is 24.3 Å². The second-order valence-electron chi connectivity index (χ2n) is 8.70. The molecule has 0 bridgehead atoms. The molecule has 8 nitrogen and oxygen atoms in total. The molecule has 5 rings (SSSR count). The fraction of sp³-hybridized carbons (Fsp3) is 0.280. The van der Waals surface area contributed by atoms with Crippen LogP contribution in [0.25, 0.3) is 34.3 Å². The molecule has 1 aliphatic heterocycles. The molecule has 34 heavy (non-hydrogen) atoms. The van der Waals surface area contributed by atoms with Crippen molar-refractivity contribution in [2.24, 2.45) is 0 Å². The second kappa shape index (κ2) is 8.73. The normalized spacial score (nSPS) is 14.4. The van der Waals surface area contributed by atoms with Crippen molar-refractivity contribution in [1.82, 2.24) is 25.5 Å². The maximum absolute atomic E-state index is 12.4. The second-order valence-corrected chi connectivity index (χ2v) is 11.2. The first kappa shape index (κ1) is 22.4. The van der Waals surface area contributed by atoms with Crippen LogP contribution in [-0.2, 0) is 9.84 Å². The Bertz CT molecular complexity index is 1440. The third-order valence-corrected chi connectivity index (χ3v) is 8.24. The number of nitrogens with one attached hydrogen (secondary N) is 1. The van der Waals surface area contributed by atoms with Gasteiger partial charge in [-0.15, -0.1) is 10.2 Å². The van der Waals surface area contributed by atoms with Crippen molar-refractivity contribution in [2.75, 3.05) is 13.1 Å². The topological polar surface area (TPSA) is 111 Å². The zero-order valence-electron chi connectivity index (χ0n) is 19.2. The molecule has 1 N–H and O–H groups in total. The predicted octanol–water partition coefficient (Wildman–Crippen LogP) is 4.04. The van der Waals surface area contributed by atoms with Crippen LogP contribution < -0.4 is 5.32 Å². The molecule has 1 aliphatic rings. The van der Waals surface area contributed by atoms with Crippen molar-refractivity contribution in [3.05, 3.63) is 66.0 Å². The molecule has 0 atom stereocenters. The van der Waals surface area contributed by atoms with Gasteiger partial charge in [0, 0.05) is 30.1 Å². The van der Waals surface area contributed by atoms with E-state index in [1.807, 2.05) is 19.1 Å². The average molecular weight is 476 g/mol. The summed E-state index contributed by atoms with van der Waals surface area (Å²) in [7, 11) is -3.34. The largest absolute Gasteiger partial charge is 0.415 e. The number of rotatable bonds is 6. The molecule has 0 amide bonds. The van der Waals surface area contributed by atoms with Crippen molar-refractivity contribution in [3.63, 3.8) is 0 Å². The highest BCUT2D eigenvalue weighted by atomic mass is 32.2. The molecule has 3 heterocycles. The minimum Gasteiger partial charge on any atom is -0.415 e. The van der Waals surface area contributed by atoms with Gasteiger partial charge in [0.15, 0.2) is 9.84 Å². The van der Waals surface area contributed by atoms with Gasteiger partial charge in [0.1, 0.15) is 5.69 Å². The van der Waals surface area contributed by atoms with E-state index < -0.39 is 15.1 Å². The van der Waals surface area contributed by atoms with Gasteiger partial charge in [0.2, 0.25) is 5.89 Å². The van der Waals surface area contributed by atoms with Crippen LogP contribution in [0.1, 0.15) is 31.0 Å². The summed E-state index contributed by atoms with van der Waals surface area (Å²) < 4.78 is 30.8. The average Bonchev–Trinajstić information content (AvgIpc) is 3.29. The van der Waals surface area contributed by atoms with Gasteiger partial charge in [-0.05, 0) is 50.6 Å². The summed E-state index contributed by atoms with van der Waals surface area (Å²) in [6, 6.07) is 14.8. The highest BCUT2D eigenvalue weighted by Gasteiger charge is 2.22. The molecule has 4 aromatic rings. The van der Waals surface area contributed by atoms with Crippen molar-refractivity contribution in [2.45, 2.75) is 36.8 Å². The van der Waals surface area contributed by atoms with E-state index in [0.717, 1.165) is 24.2 Å². The smallest absolute Gasteiger partial charge is 0.268 e. The SMILES string of the molecule is Cc1ncc(-c2ccc(S(=O)(=O)C(C)C)cc2)nc1-c1nnc(-c2cccc(C3CNC3)c2)o1. The third-order valence-electron chi connectivity index (χ3n) is 6.07. The molecule has 1 fully saturated rings. The van der Waals surface area contributed by atoms with Crippen LogP contribution in [0.5, 0.6) is 0 Å². The van der Waals surface area contributed by atoms with Crippen LogP contribution >= 0.6 is 0 Å². The summed E-state index contributed by atoms with van der Waals surface area (Å²) in [6.45, 7) is 7.12. The summed E-state index contributed by atoms with van der Waals surface area (Å²) in [5, 5.41) is 11.3. The Balaban J connectivity index is 1.45. The van der Waals surface area contributed by atoms with Gasteiger partial charge in [0.25, 0.3) is 5.89 Å². The van der Waals surface area contributed by atoms with Crippen molar-refractivity contribution >= 4 is 9.84 Å². The summed E-state index contributed by atoms with van der Waals surface area (Å²) >= 11 is 0. The third kappa shape index (κ3) is 4.12. The molecule has 2 aromatic carbocycles. The van der Waals surface area contributed by atoms with E-state index in [2.05, 4.69) is 32.6 Å². The predicted molar refractivity (Wildman–Crippen MR) is 129 cm³/mol. The number of aryl methyl sites for hydroxylation is 1. The lowest BCUT2D eigenvalue weighted by Crippen LogP contribution is -2.39. The van der Waals surface area contributed by atoms with Crippen LogP contribution in [0.15, 0.2) is 64.0 Å². The Morgan fingerprint density at radius 2 is 1.74 bits per heavy atom. The molecule has 0 radical (unpaired) electrons. The highest BCUT2D eigenvalue weighted by Crippen LogP contribution is 2.29. The van der Waals surface area contributed by atoms with Crippen molar-refractivity contribution < 1.29 is 12.8 Å². The minimum atomic E-state index is -3.34. The number of benzene rings is 2. The molecular weight excluding hydrogens is 450 g/mol. The fourth-order valence-electron chi connectivity index (χ4n) is 3.76. The van der Waals surface area contributed by atoms with Crippen LogP contribution in [0.4, 0.5) is 0 Å². The van der Waals surface area contributed by atoms with E-state index in [0.29, 0.717) is 28.9 Å². The summed E-state index contributed by atoms with van der Waals surface area (Å²) in [5.41, 5.74) is 4.61. The fourth-order valence-corrected chi connectivity index (χ4v) is 4.82. The van der Waals surface area contributed by atoms with Gasteiger partial charge < -0.3 is 9.73 Å². The van der Waals surface area contributed by atoms with Gasteiger partial charge in [-0.2, -0.15) is 0 Å². The molecule has 0 aliphatic carbocycles. The maximum Gasteiger partial charge on any atom is 0.268 e. The van der Waals surface area contributed by atoms with Crippen LogP contribution in [0.3, 0.4) is 0 Å². The van der Waals surface area contributed by atoms with Gasteiger partial charge in [-0.3, -0.25) is 4.98 Å². The first-order valence-electron chi connectivity index (χ1n) is 11.2. The number of hydrogen-bond acceptors (Lipinski definition) is 8. The Morgan fingerprint density at radius 3 is 2.41 bits per heavy atom. The first-order chi connectivity index (χ1) is 16.3. The van der Waals surface area contributed by atoms with E-state index >= 15 is 0 Å². The van der Waals surface area contributed by atoms with E-state index in [4.69, 9.17) is 9.40 Å².